The van der Waals surface area contributed by atoms with Crippen molar-refractivity contribution in [2.24, 2.45) is 0 Å². The molecule has 0 bridgehead atoms. The van der Waals surface area contributed by atoms with Crippen LogP contribution in [-0.4, -0.2) is 0 Å². The van der Waals surface area contributed by atoms with Crippen LogP contribution in [0.3, 0.4) is 0 Å². The second kappa shape index (κ2) is 2.34. The van der Waals surface area contributed by atoms with Crippen LogP contribution in [0.5, 0.6) is 0 Å². The molecule has 0 N–H and O–H groups in total. The number of benzene rings is 1. The van der Waals surface area contributed by atoms with E-state index in [0.717, 1.165) is 4.47 Å². The smallest absolute Gasteiger partial charge is 0.132 e. The highest BCUT2D eigenvalue weighted by Gasteiger charge is 2.13. The number of hydrogen-bond donors (Lipinski definition) is 0. The van der Waals surface area contributed by atoms with Crippen LogP contribution in [0.15, 0.2) is 22.8 Å². The van der Waals surface area contributed by atoms with Gasteiger partial charge in [0.2, 0.25) is 0 Å². The number of fused-ring (bicyclic) bond motifs is 1. The predicted molar refractivity (Wildman–Crippen MR) is 44.9 cm³/mol. The summed E-state index contributed by atoms with van der Waals surface area (Å²) < 4.78 is 13.8. The number of hydrogen-bond acceptors (Lipinski definition) is 0. The minimum atomic E-state index is -0.222. The third-order valence-electron chi connectivity index (χ3n) is 1.56. The molecule has 0 aromatic heterocycles. The first-order valence-corrected chi connectivity index (χ1v) is 3.94. The molecular formula is C8H4BrFN. The van der Waals surface area contributed by atoms with Crippen molar-refractivity contribution in [1.29, 1.82) is 0 Å². The monoisotopic (exact) mass is 212 g/mol. The Morgan fingerprint density at radius 3 is 2.91 bits per heavy atom. The van der Waals surface area contributed by atoms with E-state index in [1.807, 2.05) is 0 Å². The van der Waals surface area contributed by atoms with E-state index in [-0.39, 0.29) is 5.82 Å². The lowest BCUT2D eigenvalue weighted by molar-refractivity contribution is 0.625. The molecule has 0 saturated heterocycles. The zero-order valence-electron chi connectivity index (χ0n) is 5.51. The van der Waals surface area contributed by atoms with Crippen LogP contribution in [0.2, 0.25) is 0 Å². The minimum Gasteiger partial charge on any atom is -0.255 e. The molecule has 0 aliphatic carbocycles. The maximum absolute atomic E-state index is 12.9. The molecule has 2 rings (SSSR count). The van der Waals surface area contributed by atoms with Gasteiger partial charge < -0.3 is 0 Å². The molecule has 1 nitrogen and oxygen atoms in total. The van der Waals surface area contributed by atoms with Gasteiger partial charge in [-0.1, -0.05) is 0 Å². The molecule has 1 aromatic rings. The van der Waals surface area contributed by atoms with Crippen LogP contribution < -0.4 is 5.32 Å². The van der Waals surface area contributed by atoms with Gasteiger partial charge in [0, 0.05) is 16.2 Å². The fraction of sp³-hybridized carbons (Fsp3) is 0. The van der Waals surface area contributed by atoms with Crippen LogP contribution in [0.1, 0.15) is 5.56 Å². The van der Waals surface area contributed by atoms with E-state index in [1.54, 1.807) is 18.3 Å². The topological polar surface area (TPSA) is 14.1 Å². The van der Waals surface area contributed by atoms with Crippen molar-refractivity contribution in [2.45, 2.75) is 0 Å². The SMILES string of the molecule is Fc1ccc(Br)c2c1C=C[N]2. The van der Waals surface area contributed by atoms with Crippen LogP contribution in [-0.2, 0) is 0 Å². The first kappa shape index (κ1) is 6.85. The van der Waals surface area contributed by atoms with Gasteiger partial charge in [-0.3, -0.25) is 5.32 Å². The fourth-order valence-electron chi connectivity index (χ4n) is 1.03. The zero-order valence-corrected chi connectivity index (χ0v) is 7.10. The summed E-state index contributed by atoms with van der Waals surface area (Å²) in [4.78, 5) is 0. The lowest BCUT2D eigenvalue weighted by Gasteiger charge is -2.00. The first-order valence-electron chi connectivity index (χ1n) is 3.14. The van der Waals surface area contributed by atoms with Crippen molar-refractivity contribution in [2.75, 3.05) is 0 Å². The summed E-state index contributed by atoms with van der Waals surface area (Å²) >= 11 is 3.28. The Kier molecular flexibility index (Phi) is 1.46. The molecule has 0 spiro atoms. The highest BCUT2D eigenvalue weighted by Crippen LogP contribution is 2.32. The van der Waals surface area contributed by atoms with E-state index in [0.29, 0.717) is 11.3 Å². The van der Waals surface area contributed by atoms with Crippen molar-refractivity contribution in [3.8, 4) is 0 Å². The summed E-state index contributed by atoms with van der Waals surface area (Å²) in [6.07, 6.45) is 3.26. The lowest BCUT2D eigenvalue weighted by atomic mass is 10.2. The maximum Gasteiger partial charge on any atom is 0.132 e. The van der Waals surface area contributed by atoms with Crippen LogP contribution in [0.25, 0.3) is 6.08 Å². The highest BCUT2D eigenvalue weighted by atomic mass is 79.9. The van der Waals surface area contributed by atoms with Gasteiger partial charge in [0.1, 0.15) is 5.82 Å². The van der Waals surface area contributed by atoms with Crippen LogP contribution in [0.4, 0.5) is 10.1 Å². The summed E-state index contributed by atoms with van der Waals surface area (Å²) in [6.45, 7) is 0. The van der Waals surface area contributed by atoms with Gasteiger partial charge in [-0.2, -0.15) is 0 Å². The van der Waals surface area contributed by atoms with Crippen molar-refractivity contribution in [3.63, 3.8) is 0 Å². The normalized spacial score (nSPS) is 12.9. The predicted octanol–water partition coefficient (Wildman–Crippen LogP) is 2.81. The van der Waals surface area contributed by atoms with Crippen molar-refractivity contribution in [1.82, 2.24) is 5.32 Å². The molecule has 0 unspecified atom stereocenters. The molecule has 1 aliphatic heterocycles. The van der Waals surface area contributed by atoms with Crippen LogP contribution >= 0.6 is 15.9 Å². The zero-order chi connectivity index (χ0) is 7.84. The number of rotatable bonds is 0. The first-order chi connectivity index (χ1) is 5.29. The Hall–Kier alpha value is -0.830. The molecule has 1 radical (unpaired) electrons. The van der Waals surface area contributed by atoms with Gasteiger partial charge in [-0.05, 0) is 34.1 Å². The van der Waals surface area contributed by atoms with Gasteiger partial charge in [0.15, 0.2) is 0 Å². The van der Waals surface area contributed by atoms with Gasteiger partial charge in [0.25, 0.3) is 0 Å². The number of nitrogens with zero attached hydrogens (tertiary/aromatic N) is 1. The molecule has 55 valence electrons. The molecular weight excluding hydrogens is 209 g/mol. The Morgan fingerprint density at radius 2 is 2.18 bits per heavy atom. The quantitative estimate of drug-likeness (QED) is 0.629. The van der Waals surface area contributed by atoms with E-state index < -0.39 is 0 Å². The molecule has 1 heterocycles. The van der Waals surface area contributed by atoms with E-state index in [2.05, 4.69) is 21.2 Å². The minimum absolute atomic E-state index is 0.222. The van der Waals surface area contributed by atoms with Crippen LogP contribution in [0, 0.1) is 5.82 Å². The molecule has 0 amide bonds. The molecule has 0 atom stereocenters. The molecule has 1 aliphatic rings. The second-order valence-electron chi connectivity index (χ2n) is 2.24. The van der Waals surface area contributed by atoms with E-state index >= 15 is 0 Å². The molecule has 1 aromatic carbocycles. The largest absolute Gasteiger partial charge is 0.255 e. The average Bonchev–Trinajstić information content (AvgIpc) is 2.45. The molecule has 3 heteroatoms. The van der Waals surface area contributed by atoms with Crippen molar-refractivity contribution in [3.05, 3.63) is 34.2 Å². The standard InChI is InChI=1S/C8H4BrFN/c9-6-1-2-7(10)5-3-4-11-8(5)6/h1-4H. The fourth-order valence-corrected chi connectivity index (χ4v) is 1.48. The highest BCUT2D eigenvalue weighted by molar-refractivity contribution is 9.10. The van der Waals surface area contributed by atoms with E-state index in [1.165, 1.54) is 6.07 Å². The van der Waals surface area contributed by atoms with Crippen molar-refractivity contribution < 1.29 is 4.39 Å². The number of halogens is 2. The van der Waals surface area contributed by atoms with Gasteiger partial charge >= 0.3 is 0 Å². The summed E-state index contributed by atoms with van der Waals surface area (Å²) in [6, 6.07) is 3.08. The van der Waals surface area contributed by atoms with E-state index in [4.69, 9.17) is 0 Å². The van der Waals surface area contributed by atoms with Gasteiger partial charge in [0.05, 0.1) is 5.69 Å². The summed E-state index contributed by atoms with van der Waals surface area (Å²) in [5.41, 5.74) is 1.25. The Labute approximate surface area is 72.0 Å². The molecule has 11 heavy (non-hydrogen) atoms. The lowest BCUT2D eigenvalue weighted by Crippen LogP contribution is -1.86. The van der Waals surface area contributed by atoms with Crippen molar-refractivity contribution >= 4 is 27.7 Å². The Balaban J connectivity index is 2.71. The Morgan fingerprint density at radius 1 is 1.36 bits per heavy atom. The summed E-state index contributed by atoms with van der Waals surface area (Å²) in [5.74, 6) is -0.222. The summed E-state index contributed by atoms with van der Waals surface area (Å²) in [7, 11) is 0. The molecule has 0 fully saturated rings. The third-order valence-corrected chi connectivity index (χ3v) is 2.20. The average molecular weight is 213 g/mol. The Bertz CT molecular complexity index is 333. The van der Waals surface area contributed by atoms with E-state index in [9.17, 15) is 4.39 Å². The van der Waals surface area contributed by atoms with Gasteiger partial charge in [-0.25, -0.2) is 4.39 Å². The maximum atomic E-state index is 12.9. The second-order valence-corrected chi connectivity index (χ2v) is 3.09. The van der Waals surface area contributed by atoms with Gasteiger partial charge in [-0.15, -0.1) is 0 Å². The third kappa shape index (κ3) is 0.959. The molecule has 0 saturated carbocycles. The summed E-state index contributed by atoms with van der Waals surface area (Å²) in [5, 5.41) is 3.99.